The summed E-state index contributed by atoms with van der Waals surface area (Å²) >= 11 is 15.9. The highest BCUT2D eigenvalue weighted by Crippen LogP contribution is 2.32. The van der Waals surface area contributed by atoms with Crippen LogP contribution in [0.2, 0.25) is 10.0 Å². The van der Waals surface area contributed by atoms with Crippen molar-refractivity contribution >= 4 is 39.1 Å². The largest absolute Gasteiger partial charge is 0.324 e. The van der Waals surface area contributed by atoms with Crippen molar-refractivity contribution in [2.45, 2.75) is 19.4 Å². The number of rotatable bonds is 3. The van der Waals surface area contributed by atoms with Crippen molar-refractivity contribution < 1.29 is 0 Å². The van der Waals surface area contributed by atoms with Crippen LogP contribution in [0.25, 0.3) is 0 Å². The number of hydrogen-bond donors (Lipinski definition) is 1. The van der Waals surface area contributed by atoms with Gasteiger partial charge in [0.05, 0.1) is 15.9 Å². The molecule has 1 unspecified atom stereocenters. The minimum absolute atomic E-state index is 0.271. The van der Waals surface area contributed by atoms with Crippen molar-refractivity contribution in [1.82, 2.24) is 9.78 Å². The maximum absolute atomic E-state index is 6.24. The van der Waals surface area contributed by atoms with E-state index >= 15 is 0 Å². The second kappa shape index (κ2) is 5.83. The predicted molar refractivity (Wildman–Crippen MR) is 82.7 cm³/mol. The third kappa shape index (κ3) is 2.97. The Balaban J connectivity index is 2.33. The number of benzene rings is 1. The summed E-state index contributed by atoms with van der Waals surface area (Å²) in [4.78, 5) is 0. The highest BCUT2D eigenvalue weighted by Gasteiger charge is 2.19. The molecule has 0 fully saturated rings. The molecule has 0 aliphatic heterocycles. The topological polar surface area (TPSA) is 43.8 Å². The van der Waals surface area contributed by atoms with Crippen molar-refractivity contribution in [3.8, 4) is 0 Å². The molecular formula is C13H14BrCl2N3. The number of hydrogen-bond acceptors (Lipinski definition) is 2. The maximum Gasteiger partial charge on any atom is 0.0738 e. The molecule has 0 aliphatic rings. The van der Waals surface area contributed by atoms with Crippen molar-refractivity contribution in [2.24, 2.45) is 12.8 Å². The Morgan fingerprint density at radius 3 is 2.42 bits per heavy atom. The zero-order valence-corrected chi connectivity index (χ0v) is 13.7. The molecule has 102 valence electrons. The lowest BCUT2D eigenvalue weighted by Crippen LogP contribution is -2.16. The van der Waals surface area contributed by atoms with Crippen LogP contribution in [0.5, 0.6) is 0 Å². The molecule has 0 amide bonds. The monoisotopic (exact) mass is 361 g/mol. The van der Waals surface area contributed by atoms with Crippen molar-refractivity contribution in [2.75, 3.05) is 0 Å². The minimum atomic E-state index is -0.271. The summed E-state index contributed by atoms with van der Waals surface area (Å²) in [6, 6.07) is 5.14. The molecule has 1 aromatic carbocycles. The molecule has 1 heterocycles. The fourth-order valence-corrected chi connectivity index (χ4v) is 3.25. The molecule has 0 aliphatic carbocycles. The van der Waals surface area contributed by atoms with Gasteiger partial charge in [-0.1, -0.05) is 29.3 Å². The summed E-state index contributed by atoms with van der Waals surface area (Å²) in [5.41, 5.74) is 8.99. The van der Waals surface area contributed by atoms with Gasteiger partial charge < -0.3 is 5.73 Å². The van der Waals surface area contributed by atoms with Gasteiger partial charge in [-0.2, -0.15) is 5.10 Å². The first-order chi connectivity index (χ1) is 8.91. The first kappa shape index (κ1) is 14.9. The Morgan fingerprint density at radius 2 is 1.95 bits per heavy atom. The number of nitrogens with zero attached hydrogens (tertiary/aromatic N) is 2. The first-order valence-electron chi connectivity index (χ1n) is 5.79. The van der Waals surface area contributed by atoms with Crippen molar-refractivity contribution in [3.63, 3.8) is 0 Å². The third-order valence-corrected chi connectivity index (χ3v) is 4.74. The summed E-state index contributed by atoms with van der Waals surface area (Å²) in [5, 5.41) is 5.54. The summed E-state index contributed by atoms with van der Waals surface area (Å²) in [5.74, 6) is 0. The average molecular weight is 363 g/mol. The smallest absolute Gasteiger partial charge is 0.0738 e. The second-order valence-corrected chi connectivity index (χ2v) is 6.02. The summed E-state index contributed by atoms with van der Waals surface area (Å²) < 4.78 is 2.80. The SMILES string of the molecule is Cc1nn(C)c(CC(N)c2c(Cl)cccc2Cl)c1Br. The van der Waals surface area contributed by atoms with Crippen molar-refractivity contribution in [1.29, 1.82) is 0 Å². The molecule has 1 aromatic heterocycles. The number of nitrogens with two attached hydrogens (primary N) is 1. The molecule has 0 saturated carbocycles. The van der Waals surface area contributed by atoms with Crippen LogP contribution >= 0.6 is 39.1 Å². The summed E-state index contributed by atoms with van der Waals surface area (Å²) in [6.07, 6.45) is 0.612. The van der Waals surface area contributed by atoms with Crippen molar-refractivity contribution in [3.05, 3.63) is 49.7 Å². The van der Waals surface area contributed by atoms with E-state index in [4.69, 9.17) is 28.9 Å². The van der Waals surface area contributed by atoms with Crippen LogP contribution in [-0.4, -0.2) is 9.78 Å². The Labute approximate surface area is 130 Å². The summed E-state index contributed by atoms with van der Waals surface area (Å²) in [7, 11) is 1.90. The van der Waals surface area contributed by atoms with E-state index in [1.165, 1.54) is 0 Å². The maximum atomic E-state index is 6.24. The zero-order chi connectivity index (χ0) is 14.2. The molecule has 1 atom stereocenters. The minimum Gasteiger partial charge on any atom is -0.324 e. The van der Waals surface area contributed by atoms with Gasteiger partial charge in [0.2, 0.25) is 0 Å². The van der Waals surface area contributed by atoms with E-state index in [1.807, 2.05) is 24.7 Å². The Bertz CT molecular complexity index is 590. The van der Waals surface area contributed by atoms with Gasteiger partial charge in [-0.15, -0.1) is 0 Å². The van der Waals surface area contributed by atoms with Gasteiger partial charge >= 0.3 is 0 Å². The predicted octanol–water partition coefficient (Wildman–Crippen LogP) is 4.04. The highest BCUT2D eigenvalue weighted by atomic mass is 79.9. The van der Waals surface area contributed by atoms with Crippen LogP contribution in [0.3, 0.4) is 0 Å². The van der Waals surface area contributed by atoms with Crippen LogP contribution in [0.15, 0.2) is 22.7 Å². The lowest BCUT2D eigenvalue weighted by Gasteiger charge is -2.16. The second-order valence-electron chi connectivity index (χ2n) is 4.42. The summed E-state index contributed by atoms with van der Waals surface area (Å²) in [6.45, 7) is 1.95. The quantitative estimate of drug-likeness (QED) is 0.895. The van der Waals surface area contributed by atoms with E-state index in [-0.39, 0.29) is 6.04 Å². The molecule has 6 heteroatoms. The molecule has 2 N–H and O–H groups in total. The normalized spacial score (nSPS) is 12.7. The van der Waals surface area contributed by atoms with Gasteiger partial charge in [0, 0.05) is 35.1 Å². The standard InChI is InChI=1S/C13H14BrCl2N3/c1-7-13(14)11(19(2)18-7)6-10(17)12-8(15)4-3-5-9(12)16/h3-5,10H,6,17H2,1-2H3. The lowest BCUT2D eigenvalue weighted by atomic mass is 10.0. The molecule has 0 saturated heterocycles. The van der Waals surface area contributed by atoms with Gasteiger partial charge in [-0.25, -0.2) is 0 Å². The number of halogens is 3. The van der Waals surface area contributed by atoms with E-state index in [0.29, 0.717) is 16.5 Å². The van der Waals surface area contributed by atoms with Gasteiger partial charge in [0.25, 0.3) is 0 Å². The molecule has 3 nitrogen and oxygen atoms in total. The van der Waals surface area contributed by atoms with Gasteiger partial charge in [-0.3, -0.25) is 4.68 Å². The number of aryl methyl sites for hydroxylation is 2. The van der Waals surface area contributed by atoms with Gasteiger partial charge in [-0.05, 0) is 35.0 Å². The molecule has 2 rings (SSSR count). The molecule has 2 aromatic rings. The van der Waals surface area contributed by atoms with Gasteiger partial charge in [0.1, 0.15) is 0 Å². The van der Waals surface area contributed by atoms with Crippen LogP contribution in [0.1, 0.15) is 23.0 Å². The highest BCUT2D eigenvalue weighted by molar-refractivity contribution is 9.10. The Hall–Kier alpha value is -0.550. The van der Waals surface area contributed by atoms with E-state index in [1.54, 1.807) is 12.1 Å². The van der Waals surface area contributed by atoms with E-state index in [0.717, 1.165) is 21.4 Å². The molecular weight excluding hydrogens is 349 g/mol. The molecule has 0 radical (unpaired) electrons. The lowest BCUT2D eigenvalue weighted by molar-refractivity contribution is 0.638. The van der Waals surface area contributed by atoms with E-state index < -0.39 is 0 Å². The van der Waals surface area contributed by atoms with Crippen LogP contribution in [0.4, 0.5) is 0 Å². The average Bonchev–Trinajstić information content (AvgIpc) is 2.56. The first-order valence-corrected chi connectivity index (χ1v) is 7.34. The molecule has 19 heavy (non-hydrogen) atoms. The molecule has 0 bridgehead atoms. The van der Waals surface area contributed by atoms with E-state index in [2.05, 4.69) is 21.0 Å². The third-order valence-electron chi connectivity index (χ3n) is 3.05. The Morgan fingerprint density at radius 1 is 1.37 bits per heavy atom. The molecule has 0 spiro atoms. The zero-order valence-electron chi connectivity index (χ0n) is 10.6. The van der Waals surface area contributed by atoms with Gasteiger partial charge in [0.15, 0.2) is 0 Å². The van der Waals surface area contributed by atoms with Crippen LogP contribution < -0.4 is 5.73 Å². The number of aromatic nitrogens is 2. The van der Waals surface area contributed by atoms with Crippen LogP contribution in [0, 0.1) is 6.92 Å². The van der Waals surface area contributed by atoms with Crippen LogP contribution in [-0.2, 0) is 13.5 Å². The fraction of sp³-hybridized carbons (Fsp3) is 0.308. The van der Waals surface area contributed by atoms with E-state index in [9.17, 15) is 0 Å². The Kier molecular flexibility index (Phi) is 4.56. The fourth-order valence-electron chi connectivity index (χ4n) is 2.08.